The number of amides is 1. The normalized spacial score (nSPS) is 15.6. The monoisotopic (exact) mass is 526 g/mol. The third kappa shape index (κ3) is 7.02. The quantitative estimate of drug-likeness (QED) is 0.361. The van der Waals surface area contributed by atoms with Gasteiger partial charge in [0, 0.05) is 24.1 Å². The lowest BCUT2D eigenvalue weighted by Gasteiger charge is -2.28. The van der Waals surface area contributed by atoms with E-state index in [9.17, 15) is 31.1 Å². The molecule has 0 heterocycles. The van der Waals surface area contributed by atoms with Crippen LogP contribution in [0.5, 0.6) is 0 Å². The molecule has 186 valence electrons. The largest absolute Gasteiger partial charge is 0.416 e. The van der Waals surface area contributed by atoms with Gasteiger partial charge in [-0.2, -0.15) is 26.3 Å². The fraction of sp³-hybridized carbons (Fsp3) is 0.435. The summed E-state index contributed by atoms with van der Waals surface area (Å²) in [7, 11) is 0. The van der Waals surface area contributed by atoms with Crippen molar-refractivity contribution in [3.05, 3.63) is 68.7 Å². The van der Waals surface area contributed by atoms with Crippen LogP contribution in [-0.4, -0.2) is 25.0 Å². The van der Waals surface area contributed by atoms with Gasteiger partial charge in [-0.05, 0) is 61.7 Å². The first kappa shape index (κ1) is 26.6. The van der Waals surface area contributed by atoms with Crippen molar-refractivity contribution in [2.75, 3.05) is 13.1 Å². The van der Waals surface area contributed by atoms with Crippen LogP contribution in [0.2, 0.25) is 10.0 Å². The van der Waals surface area contributed by atoms with Crippen molar-refractivity contribution in [2.24, 2.45) is 0 Å². The van der Waals surface area contributed by atoms with Crippen molar-refractivity contribution in [3.8, 4) is 0 Å². The molecule has 0 aromatic heterocycles. The van der Waals surface area contributed by atoms with E-state index in [2.05, 4.69) is 10.6 Å². The van der Waals surface area contributed by atoms with Gasteiger partial charge in [0.2, 0.25) is 0 Å². The minimum atomic E-state index is -5.04. The fourth-order valence-electron chi connectivity index (χ4n) is 3.63. The van der Waals surface area contributed by atoms with Crippen LogP contribution >= 0.6 is 23.2 Å². The summed E-state index contributed by atoms with van der Waals surface area (Å²) < 4.78 is 78.7. The summed E-state index contributed by atoms with van der Waals surface area (Å²) >= 11 is 12.1. The number of alkyl halides is 6. The molecule has 2 N–H and O–H groups in total. The molecule has 1 fully saturated rings. The Balaban J connectivity index is 1.77. The molecule has 0 bridgehead atoms. The molecule has 2 aromatic rings. The van der Waals surface area contributed by atoms with Gasteiger partial charge in [0.15, 0.2) is 0 Å². The zero-order valence-electron chi connectivity index (χ0n) is 17.8. The topological polar surface area (TPSA) is 41.1 Å². The average molecular weight is 527 g/mol. The first-order valence-electron chi connectivity index (χ1n) is 10.6. The highest BCUT2D eigenvalue weighted by Crippen LogP contribution is 2.36. The highest BCUT2D eigenvalue weighted by atomic mass is 35.5. The van der Waals surface area contributed by atoms with Crippen molar-refractivity contribution in [1.82, 2.24) is 10.6 Å². The van der Waals surface area contributed by atoms with Crippen LogP contribution in [0.15, 0.2) is 36.4 Å². The smallest absolute Gasteiger partial charge is 0.351 e. The number of rotatable bonds is 8. The van der Waals surface area contributed by atoms with E-state index < -0.39 is 35.0 Å². The Labute approximate surface area is 202 Å². The molecule has 1 aliphatic rings. The molecule has 0 aliphatic heterocycles. The Morgan fingerprint density at radius 1 is 0.941 bits per heavy atom. The Morgan fingerprint density at radius 2 is 1.56 bits per heavy atom. The predicted molar refractivity (Wildman–Crippen MR) is 118 cm³/mol. The number of carbonyl (C=O) groups is 1. The van der Waals surface area contributed by atoms with Crippen LogP contribution < -0.4 is 10.6 Å². The van der Waals surface area contributed by atoms with Gasteiger partial charge >= 0.3 is 12.4 Å². The van der Waals surface area contributed by atoms with Crippen LogP contribution in [0, 0.1) is 0 Å². The lowest BCUT2D eigenvalue weighted by molar-refractivity contribution is -0.143. The number of halogens is 8. The zero-order chi connectivity index (χ0) is 25.1. The van der Waals surface area contributed by atoms with Crippen LogP contribution in [0.3, 0.4) is 0 Å². The van der Waals surface area contributed by atoms with Crippen molar-refractivity contribution < 1.29 is 31.1 Å². The molecule has 0 saturated heterocycles. The predicted octanol–water partition coefficient (Wildman–Crippen LogP) is 7.08. The molecular weight excluding hydrogens is 505 g/mol. The van der Waals surface area contributed by atoms with E-state index in [0.29, 0.717) is 41.2 Å². The summed E-state index contributed by atoms with van der Waals surface area (Å²) in [5.74, 6) is -1.33. The maximum atomic E-state index is 13.1. The van der Waals surface area contributed by atoms with E-state index in [1.807, 2.05) is 0 Å². The molecule has 1 saturated carbocycles. The zero-order valence-corrected chi connectivity index (χ0v) is 19.3. The highest BCUT2D eigenvalue weighted by molar-refractivity contribution is 6.42. The third-order valence-corrected chi connectivity index (χ3v) is 6.54. The van der Waals surface area contributed by atoms with Crippen LogP contribution in [0.1, 0.15) is 58.6 Å². The maximum absolute atomic E-state index is 13.1. The second kappa shape index (κ2) is 10.7. The molecule has 1 amide bonds. The Bertz CT molecular complexity index is 989. The maximum Gasteiger partial charge on any atom is 0.416 e. The van der Waals surface area contributed by atoms with E-state index >= 15 is 0 Å². The number of hydrogen-bond acceptors (Lipinski definition) is 2. The van der Waals surface area contributed by atoms with Crippen LogP contribution in [0.4, 0.5) is 26.3 Å². The van der Waals surface area contributed by atoms with Gasteiger partial charge in [-0.3, -0.25) is 4.79 Å². The molecule has 11 heteroatoms. The van der Waals surface area contributed by atoms with E-state index in [0.717, 1.165) is 24.8 Å². The van der Waals surface area contributed by atoms with Crippen molar-refractivity contribution in [3.63, 3.8) is 0 Å². The highest BCUT2D eigenvalue weighted by Gasteiger charge is 2.37. The minimum absolute atomic E-state index is 0.0125. The van der Waals surface area contributed by atoms with Crippen molar-refractivity contribution in [2.45, 2.75) is 50.0 Å². The molecule has 1 unspecified atom stereocenters. The van der Waals surface area contributed by atoms with E-state index in [4.69, 9.17) is 23.2 Å². The Morgan fingerprint density at radius 3 is 2.06 bits per heavy atom. The summed E-state index contributed by atoms with van der Waals surface area (Å²) in [6.07, 6.45) is -6.21. The van der Waals surface area contributed by atoms with Crippen molar-refractivity contribution >= 4 is 29.1 Å². The number of nitrogens with one attached hydrogen (secondary N) is 2. The molecule has 0 spiro atoms. The first-order valence-corrected chi connectivity index (χ1v) is 11.4. The van der Waals surface area contributed by atoms with E-state index in [1.165, 1.54) is 0 Å². The fourth-order valence-corrected chi connectivity index (χ4v) is 3.94. The lowest BCUT2D eigenvalue weighted by atomic mass is 9.91. The van der Waals surface area contributed by atoms with Gasteiger partial charge in [0.05, 0.1) is 21.2 Å². The standard InChI is InChI=1S/C23H22Cl2F6N2O/c24-19-5-4-13(10-20(19)25)14(6-7-32-18-2-1-3-18)12-33-21(34)15-8-16(22(26,27)28)11-17(9-15)23(29,30)31/h4-5,8-11,14,18,32H,1-3,6-7,12H2,(H,33,34). The molecule has 1 aliphatic carbocycles. The molecule has 2 aromatic carbocycles. The van der Waals surface area contributed by atoms with Gasteiger partial charge in [0.25, 0.3) is 5.91 Å². The first-order chi connectivity index (χ1) is 15.8. The summed E-state index contributed by atoms with van der Waals surface area (Å²) in [6.45, 7) is 0.605. The second-order valence-electron chi connectivity index (χ2n) is 8.25. The molecule has 0 radical (unpaired) electrons. The van der Waals surface area contributed by atoms with Gasteiger partial charge in [0.1, 0.15) is 0 Å². The summed E-state index contributed by atoms with van der Waals surface area (Å²) in [6, 6.07) is 6.19. The van der Waals surface area contributed by atoms with E-state index in [1.54, 1.807) is 18.2 Å². The average Bonchev–Trinajstić information content (AvgIpc) is 2.72. The Kier molecular flexibility index (Phi) is 8.42. The number of benzene rings is 2. The summed E-state index contributed by atoms with van der Waals surface area (Å²) in [5, 5.41) is 6.51. The second-order valence-corrected chi connectivity index (χ2v) is 9.06. The summed E-state index contributed by atoms with van der Waals surface area (Å²) in [4.78, 5) is 12.6. The molecule has 3 rings (SSSR count). The molecular formula is C23H22Cl2F6N2O. The molecule has 34 heavy (non-hydrogen) atoms. The van der Waals surface area contributed by atoms with Crippen molar-refractivity contribution in [1.29, 1.82) is 0 Å². The van der Waals surface area contributed by atoms with E-state index in [-0.39, 0.29) is 18.5 Å². The van der Waals surface area contributed by atoms with Gasteiger partial charge in [-0.15, -0.1) is 0 Å². The van der Waals surface area contributed by atoms with Crippen LogP contribution in [0.25, 0.3) is 0 Å². The SMILES string of the molecule is O=C(NCC(CCNC1CCC1)c1ccc(Cl)c(Cl)c1)c1cc(C(F)(F)F)cc(C(F)(F)F)c1. The third-order valence-electron chi connectivity index (χ3n) is 5.80. The molecule has 1 atom stereocenters. The van der Waals surface area contributed by atoms with Crippen LogP contribution in [-0.2, 0) is 12.4 Å². The Hall–Kier alpha value is -1.97. The van der Waals surface area contributed by atoms with Gasteiger partial charge < -0.3 is 10.6 Å². The lowest BCUT2D eigenvalue weighted by Crippen LogP contribution is -2.37. The number of hydrogen-bond donors (Lipinski definition) is 2. The van der Waals surface area contributed by atoms with Gasteiger partial charge in [-0.25, -0.2) is 0 Å². The molecule has 3 nitrogen and oxygen atoms in total. The minimum Gasteiger partial charge on any atom is -0.351 e. The van der Waals surface area contributed by atoms with Gasteiger partial charge in [-0.1, -0.05) is 35.7 Å². The summed E-state index contributed by atoms with van der Waals surface area (Å²) in [5.41, 5.74) is -3.07. The number of carbonyl (C=O) groups excluding carboxylic acids is 1.